The summed E-state index contributed by atoms with van der Waals surface area (Å²) in [6, 6.07) is 0. The zero-order chi connectivity index (χ0) is 12.7. The highest BCUT2D eigenvalue weighted by Crippen LogP contribution is 2.10. The first-order chi connectivity index (χ1) is 8.15. The van der Waals surface area contributed by atoms with Crippen molar-refractivity contribution in [2.45, 2.75) is 32.1 Å². The average molecular weight is 241 g/mol. The van der Waals surface area contributed by atoms with Gasteiger partial charge in [0.05, 0.1) is 0 Å². The van der Waals surface area contributed by atoms with E-state index in [1.165, 1.54) is 0 Å². The summed E-state index contributed by atoms with van der Waals surface area (Å²) in [5.41, 5.74) is 5.40. The van der Waals surface area contributed by atoms with Gasteiger partial charge < -0.3 is 15.5 Å². The predicted octanol–water partition coefficient (Wildman–Crippen LogP) is 0.196. The van der Waals surface area contributed by atoms with E-state index >= 15 is 0 Å². The molecule has 0 atom stereocenters. The highest BCUT2D eigenvalue weighted by Gasteiger charge is 2.19. The molecule has 2 amide bonds. The van der Waals surface area contributed by atoms with Crippen molar-refractivity contribution in [2.75, 3.05) is 33.2 Å². The standard InChI is InChI=1S/C12H23N3O2/c1-14(8-4-7-13)11(16)6-10-15-9-3-2-5-12(15)17/h2-10,13H2,1H3. The molecule has 17 heavy (non-hydrogen) atoms. The number of rotatable bonds is 6. The number of likely N-dealkylation sites (tertiary alicyclic amines) is 1. The second kappa shape index (κ2) is 7.27. The molecular formula is C12H23N3O2. The lowest BCUT2D eigenvalue weighted by atomic mass is 10.1. The molecule has 1 saturated heterocycles. The highest BCUT2D eigenvalue weighted by molar-refractivity contribution is 5.79. The SMILES string of the molecule is CN(CCCN)C(=O)CCN1CCCCC1=O. The number of piperidine rings is 1. The summed E-state index contributed by atoms with van der Waals surface area (Å²) in [5.74, 6) is 0.283. The third-order valence-electron chi connectivity index (χ3n) is 3.14. The largest absolute Gasteiger partial charge is 0.346 e. The van der Waals surface area contributed by atoms with Crippen molar-refractivity contribution in [1.82, 2.24) is 9.80 Å². The lowest BCUT2D eigenvalue weighted by Crippen LogP contribution is -2.38. The summed E-state index contributed by atoms with van der Waals surface area (Å²) in [6.45, 7) is 2.66. The van der Waals surface area contributed by atoms with Crippen LogP contribution in [0.25, 0.3) is 0 Å². The van der Waals surface area contributed by atoms with E-state index in [1.54, 1.807) is 16.8 Å². The van der Waals surface area contributed by atoms with E-state index in [2.05, 4.69) is 0 Å². The van der Waals surface area contributed by atoms with Crippen LogP contribution in [0.3, 0.4) is 0 Å². The summed E-state index contributed by atoms with van der Waals surface area (Å²) < 4.78 is 0. The Labute approximate surface area is 103 Å². The fraction of sp³-hybridized carbons (Fsp3) is 0.833. The van der Waals surface area contributed by atoms with Gasteiger partial charge in [0, 0.05) is 39.5 Å². The monoisotopic (exact) mass is 241 g/mol. The zero-order valence-electron chi connectivity index (χ0n) is 10.7. The van der Waals surface area contributed by atoms with Crippen LogP contribution in [0.4, 0.5) is 0 Å². The van der Waals surface area contributed by atoms with Gasteiger partial charge in [0.2, 0.25) is 11.8 Å². The van der Waals surface area contributed by atoms with Crippen molar-refractivity contribution in [3.63, 3.8) is 0 Å². The van der Waals surface area contributed by atoms with Gasteiger partial charge >= 0.3 is 0 Å². The van der Waals surface area contributed by atoms with Crippen LogP contribution in [0.1, 0.15) is 32.1 Å². The van der Waals surface area contributed by atoms with Crippen LogP contribution in [0, 0.1) is 0 Å². The van der Waals surface area contributed by atoms with E-state index in [-0.39, 0.29) is 11.8 Å². The molecule has 5 nitrogen and oxygen atoms in total. The summed E-state index contributed by atoms with van der Waals surface area (Å²) in [4.78, 5) is 26.8. The van der Waals surface area contributed by atoms with Crippen molar-refractivity contribution < 1.29 is 9.59 Å². The third-order valence-corrected chi connectivity index (χ3v) is 3.14. The molecule has 0 bridgehead atoms. The lowest BCUT2D eigenvalue weighted by Gasteiger charge is -2.27. The van der Waals surface area contributed by atoms with Crippen LogP contribution in [0.5, 0.6) is 0 Å². The normalized spacial score (nSPS) is 16.1. The van der Waals surface area contributed by atoms with Crippen molar-refractivity contribution in [3.05, 3.63) is 0 Å². The molecule has 0 radical (unpaired) electrons. The number of nitrogens with two attached hydrogens (primary N) is 1. The number of hydrogen-bond acceptors (Lipinski definition) is 3. The second-order valence-corrected chi connectivity index (χ2v) is 4.55. The van der Waals surface area contributed by atoms with Crippen molar-refractivity contribution >= 4 is 11.8 Å². The summed E-state index contributed by atoms with van der Waals surface area (Å²) in [5, 5.41) is 0. The zero-order valence-corrected chi connectivity index (χ0v) is 10.7. The maximum Gasteiger partial charge on any atom is 0.224 e. The smallest absolute Gasteiger partial charge is 0.224 e. The number of hydrogen-bond donors (Lipinski definition) is 1. The van der Waals surface area contributed by atoms with Crippen LogP contribution < -0.4 is 5.73 Å². The van der Waals surface area contributed by atoms with Crippen molar-refractivity contribution in [3.8, 4) is 0 Å². The molecule has 1 heterocycles. The Morgan fingerprint density at radius 2 is 2.24 bits per heavy atom. The molecule has 2 N–H and O–H groups in total. The minimum absolute atomic E-state index is 0.0943. The van der Waals surface area contributed by atoms with E-state index in [1.807, 2.05) is 0 Å². The van der Waals surface area contributed by atoms with Gasteiger partial charge in [-0.15, -0.1) is 0 Å². The number of amides is 2. The molecule has 0 unspecified atom stereocenters. The van der Waals surface area contributed by atoms with Gasteiger partial charge in [0.1, 0.15) is 0 Å². The van der Waals surface area contributed by atoms with E-state index in [4.69, 9.17) is 5.73 Å². The summed E-state index contributed by atoms with van der Waals surface area (Å²) >= 11 is 0. The van der Waals surface area contributed by atoms with Crippen molar-refractivity contribution in [1.29, 1.82) is 0 Å². The Bertz CT molecular complexity index is 268. The third kappa shape index (κ3) is 4.73. The van der Waals surface area contributed by atoms with E-state index in [0.29, 0.717) is 32.5 Å². The molecular weight excluding hydrogens is 218 g/mol. The van der Waals surface area contributed by atoms with E-state index in [9.17, 15) is 9.59 Å². The quantitative estimate of drug-likeness (QED) is 0.722. The van der Waals surface area contributed by atoms with Crippen LogP contribution in [-0.2, 0) is 9.59 Å². The molecule has 1 aliphatic heterocycles. The molecule has 1 aliphatic rings. The maximum atomic E-state index is 11.7. The summed E-state index contributed by atoms with van der Waals surface area (Å²) in [7, 11) is 1.79. The minimum atomic E-state index is 0.0943. The van der Waals surface area contributed by atoms with Gasteiger partial charge in [0.15, 0.2) is 0 Å². The lowest BCUT2D eigenvalue weighted by molar-refractivity contribution is -0.135. The van der Waals surface area contributed by atoms with E-state index in [0.717, 1.165) is 25.8 Å². The first kappa shape index (κ1) is 14.0. The van der Waals surface area contributed by atoms with Gasteiger partial charge in [-0.25, -0.2) is 0 Å². The molecule has 1 rings (SSSR count). The minimum Gasteiger partial charge on any atom is -0.346 e. The molecule has 98 valence electrons. The summed E-state index contributed by atoms with van der Waals surface area (Å²) in [6.07, 6.45) is 3.93. The van der Waals surface area contributed by atoms with Crippen molar-refractivity contribution in [2.24, 2.45) is 5.73 Å². The van der Waals surface area contributed by atoms with Crippen LogP contribution in [-0.4, -0.2) is 54.8 Å². The topological polar surface area (TPSA) is 66.6 Å². The Morgan fingerprint density at radius 1 is 1.47 bits per heavy atom. The fourth-order valence-electron chi connectivity index (χ4n) is 1.97. The molecule has 0 aromatic rings. The van der Waals surface area contributed by atoms with Crippen LogP contribution in [0.15, 0.2) is 0 Å². The molecule has 0 aromatic heterocycles. The number of carbonyl (C=O) groups is 2. The Kier molecular flexibility index (Phi) is 5.97. The van der Waals surface area contributed by atoms with Gasteiger partial charge in [-0.2, -0.15) is 0 Å². The van der Waals surface area contributed by atoms with Gasteiger partial charge in [-0.05, 0) is 25.8 Å². The predicted molar refractivity (Wildman–Crippen MR) is 66.4 cm³/mol. The maximum absolute atomic E-state index is 11.7. The first-order valence-electron chi connectivity index (χ1n) is 6.37. The molecule has 5 heteroatoms. The average Bonchev–Trinajstić information content (AvgIpc) is 2.34. The molecule has 1 fully saturated rings. The van der Waals surface area contributed by atoms with Crippen LogP contribution in [0.2, 0.25) is 0 Å². The van der Waals surface area contributed by atoms with Gasteiger partial charge in [0.25, 0.3) is 0 Å². The Morgan fingerprint density at radius 3 is 2.88 bits per heavy atom. The number of nitrogens with zero attached hydrogens (tertiary/aromatic N) is 2. The molecule has 0 spiro atoms. The molecule has 0 saturated carbocycles. The van der Waals surface area contributed by atoms with E-state index < -0.39 is 0 Å². The van der Waals surface area contributed by atoms with Gasteiger partial charge in [-0.1, -0.05) is 0 Å². The van der Waals surface area contributed by atoms with Gasteiger partial charge in [-0.3, -0.25) is 9.59 Å². The Hall–Kier alpha value is -1.10. The second-order valence-electron chi connectivity index (χ2n) is 4.55. The Balaban J connectivity index is 2.24. The van der Waals surface area contributed by atoms with Crippen LogP contribution >= 0.6 is 0 Å². The molecule has 0 aromatic carbocycles. The molecule has 0 aliphatic carbocycles. The highest BCUT2D eigenvalue weighted by atomic mass is 16.2. The number of carbonyl (C=O) groups excluding carboxylic acids is 2. The fourth-order valence-corrected chi connectivity index (χ4v) is 1.97. The first-order valence-corrected chi connectivity index (χ1v) is 6.37.